The lowest BCUT2D eigenvalue weighted by atomic mass is 10.2. The van der Waals surface area contributed by atoms with Crippen molar-refractivity contribution in [1.29, 1.82) is 0 Å². The van der Waals surface area contributed by atoms with E-state index in [2.05, 4.69) is 10.0 Å². The molecule has 2 N–H and O–H groups in total. The normalized spacial score (nSPS) is 11.0. The van der Waals surface area contributed by atoms with Gasteiger partial charge in [0.05, 0.1) is 15.5 Å². The average molecular weight is 405 g/mol. The van der Waals surface area contributed by atoms with Gasteiger partial charge in [-0.3, -0.25) is 9.52 Å². The molecule has 0 fully saturated rings. The van der Waals surface area contributed by atoms with Gasteiger partial charge in [0.1, 0.15) is 5.82 Å². The van der Waals surface area contributed by atoms with Crippen LogP contribution in [0.25, 0.3) is 0 Å². The first-order valence-electron chi connectivity index (χ1n) is 7.79. The Labute approximate surface area is 160 Å². The summed E-state index contributed by atoms with van der Waals surface area (Å²) in [4.78, 5) is 12.2. The van der Waals surface area contributed by atoms with Crippen LogP contribution in [-0.2, 0) is 10.0 Å². The molecule has 1 amide bonds. The minimum Gasteiger partial charge on any atom is -0.322 e. The summed E-state index contributed by atoms with van der Waals surface area (Å²) in [5, 5.41) is 2.97. The van der Waals surface area contributed by atoms with Gasteiger partial charge >= 0.3 is 0 Å². The van der Waals surface area contributed by atoms with Gasteiger partial charge in [-0.1, -0.05) is 23.7 Å². The van der Waals surface area contributed by atoms with Gasteiger partial charge in [-0.15, -0.1) is 0 Å². The molecule has 0 aliphatic heterocycles. The molecule has 0 heterocycles. The summed E-state index contributed by atoms with van der Waals surface area (Å²) in [6.07, 6.45) is 0. The van der Waals surface area contributed by atoms with Crippen molar-refractivity contribution >= 4 is 38.9 Å². The monoisotopic (exact) mass is 404 g/mol. The molecule has 0 radical (unpaired) electrons. The van der Waals surface area contributed by atoms with Crippen LogP contribution in [0.4, 0.5) is 15.8 Å². The number of carbonyl (C=O) groups excluding carboxylic acids is 1. The molecular weight excluding hydrogens is 391 g/mol. The van der Waals surface area contributed by atoms with Gasteiger partial charge in [-0.2, -0.15) is 0 Å². The number of carbonyl (C=O) groups is 1. The molecule has 3 aromatic carbocycles. The fourth-order valence-corrected chi connectivity index (χ4v) is 3.57. The van der Waals surface area contributed by atoms with Crippen LogP contribution in [0.3, 0.4) is 0 Å². The van der Waals surface area contributed by atoms with Gasteiger partial charge in [0, 0.05) is 11.4 Å². The molecule has 0 atom stereocenters. The first-order valence-corrected chi connectivity index (χ1v) is 9.65. The zero-order valence-electron chi connectivity index (χ0n) is 13.8. The Bertz CT molecular complexity index is 1070. The topological polar surface area (TPSA) is 75.3 Å². The van der Waals surface area contributed by atoms with E-state index in [4.69, 9.17) is 11.6 Å². The molecule has 0 spiro atoms. The second-order valence-corrected chi connectivity index (χ2v) is 7.66. The number of amides is 1. The van der Waals surface area contributed by atoms with E-state index >= 15 is 0 Å². The first-order chi connectivity index (χ1) is 12.8. The van der Waals surface area contributed by atoms with E-state index in [9.17, 15) is 17.6 Å². The molecule has 0 bridgehead atoms. The van der Waals surface area contributed by atoms with Gasteiger partial charge in [0.15, 0.2) is 0 Å². The lowest BCUT2D eigenvalue weighted by Crippen LogP contribution is -2.14. The Morgan fingerprint density at radius 2 is 1.44 bits per heavy atom. The quantitative estimate of drug-likeness (QED) is 0.655. The number of rotatable bonds is 5. The number of hydrogen-bond acceptors (Lipinski definition) is 3. The van der Waals surface area contributed by atoms with Crippen molar-refractivity contribution < 1.29 is 17.6 Å². The van der Waals surface area contributed by atoms with E-state index in [1.165, 1.54) is 36.4 Å². The molecule has 0 aliphatic carbocycles. The molecule has 0 aromatic heterocycles. The molecule has 5 nitrogen and oxygen atoms in total. The minimum atomic E-state index is -3.84. The zero-order chi connectivity index (χ0) is 19.4. The molecule has 3 rings (SSSR count). The maximum Gasteiger partial charge on any atom is 0.261 e. The van der Waals surface area contributed by atoms with E-state index in [-0.39, 0.29) is 10.6 Å². The molecule has 138 valence electrons. The highest BCUT2D eigenvalue weighted by Gasteiger charge is 2.15. The Morgan fingerprint density at radius 3 is 2.07 bits per heavy atom. The standard InChI is InChI=1S/C19H14ClFN2O3S/c20-18-4-2-1-3-17(18)19(24)22-14-9-11-16(12-10-14)27(25,26)23-15-7-5-13(21)6-8-15/h1-12,23H,(H,22,24). The summed E-state index contributed by atoms with van der Waals surface area (Å²) in [6.45, 7) is 0. The van der Waals surface area contributed by atoms with Gasteiger partial charge in [0.2, 0.25) is 0 Å². The summed E-state index contributed by atoms with van der Waals surface area (Å²) < 4.78 is 40.0. The van der Waals surface area contributed by atoms with Gasteiger partial charge in [-0.25, -0.2) is 12.8 Å². The highest BCUT2D eigenvalue weighted by atomic mass is 35.5. The third-order valence-corrected chi connectivity index (χ3v) is 5.36. The second kappa shape index (κ2) is 7.77. The van der Waals surface area contributed by atoms with Crippen LogP contribution in [0, 0.1) is 5.82 Å². The maximum atomic E-state index is 12.9. The van der Waals surface area contributed by atoms with Crippen LogP contribution in [0.15, 0.2) is 77.7 Å². The highest BCUT2D eigenvalue weighted by molar-refractivity contribution is 7.92. The van der Waals surface area contributed by atoms with E-state index < -0.39 is 21.7 Å². The molecule has 8 heteroatoms. The number of halogens is 2. The molecule has 0 saturated carbocycles. The largest absolute Gasteiger partial charge is 0.322 e. The lowest BCUT2D eigenvalue weighted by molar-refractivity contribution is 0.102. The van der Waals surface area contributed by atoms with Crippen LogP contribution >= 0.6 is 11.6 Å². The summed E-state index contributed by atoms with van der Waals surface area (Å²) in [5.41, 5.74) is 0.974. The van der Waals surface area contributed by atoms with Crippen molar-refractivity contribution in [3.05, 3.63) is 89.2 Å². The number of nitrogens with one attached hydrogen (secondary N) is 2. The third kappa shape index (κ3) is 4.64. The van der Waals surface area contributed by atoms with Crippen LogP contribution < -0.4 is 10.0 Å². The molecule has 0 aliphatic rings. The Hall–Kier alpha value is -2.90. The van der Waals surface area contributed by atoms with E-state index in [0.717, 1.165) is 12.1 Å². The summed E-state index contributed by atoms with van der Waals surface area (Å²) >= 11 is 5.99. The van der Waals surface area contributed by atoms with Crippen molar-refractivity contribution in [3.63, 3.8) is 0 Å². The Balaban J connectivity index is 1.73. The van der Waals surface area contributed by atoms with E-state index in [0.29, 0.717) is 16.3 Å². The maximum absolute atomic E-state index is 12.9. The number of benzene rings is 3. The van der Waals surface area contributed by atoms with Crippen molar-refractivity contribution in [2.24, 2.45) is 0 Å². The van der Waals surface area contributed by atoms with Crippen molar-refractivity contribution in [1.82, 2.24) is 0 Å². The van der Waals surface area contributed by atoms with Crippen molar-refractivity contribution in [2.75, 3.05) is 10.0 Å². The SMILES string of the molecule is O=C(Nc1ccc(S(=O)(=O)Nc2ccc(F)cc2)cc1)c1ccccc1Cl. The molecular formula is C19H14ClFN2O3S. The number of sulfonamides is 1. The van der Waals surface area contributed by atoms with Crippen molar-refractivity contribution in [2.45, 2.75) is 4.90 Å². The predicted octanol–water partition coefficient (Wildman–Crippen LogP) is 4.53. The molecule has 3 aromatic rings. The molecule has 0 unspecified atom stereocenters. The lowest BCUT2D eigenvalue weighted by Gasteiger charge is -2.10. The van der Waals surface area contributed by atoms with Crippen LogP contribution in [-0.4, -0.2) is 14.3 Å². The first kappa shape index (κ1) is 18.9. The van der Waals surface area contributed by atoms with Crippen LogP contribution in [0.1, 0.15) is 10.4 Å². The van der Waals surface area contributed by atoms with Gasteiger partial charge in [-0.05, 0) is 60.7 Å². The van der Waals surface area contributed by atoms with Crippen molar-refractivity contribution in [3.8, 4) is 0 Å². The van der Waals surface area contributed by atoms with Crippen LogP contribution in [0.5, 0.6) is 0 Å². The van der Waals surface area contributed by atoms with Gasteiger partial charge < -0.3 is 5.32 Å². The highest BCUT2D eigenvalue weighted by Crippen LogP contribution is 2.20. The average Bonchev–Trinajstić information content (AvgIpc) is 2.64. The predicted molar refractivity (Wildman–Crippen MR) is 103 cm³/mol. The number of hydrogen-bond donors (Lipinski definition) is 2. The van der Waals surface area contributed by atoms with E-state index in [1.54, 1.807) is 24.3 Å². The molecule has 27 heavy (non-hydrogen) atoms. The smallest absolute Gasteiger partial charge is 0.261 e. The summed E-state index contributed by atoms with van der Waals surface area (Å²) in [5.74, 6) is -0.864. The fourth-order valence-electron chi connectivity index (χ4n) is 2.29. The zero-order valence-corrected chi connectivity index (χ0v) is 15.4. The fraction of sp³-hybridized carbons (Fsp3) is 0. The third-order valence-electron chi connectivity index (χ3n) is 3.64. The minimum absolute atomic E-state index is 0.00238. The van der Waals surface area contributed by atoms with Gasteiger partial charge in [0.25, 0.3) is 15.9 Å². The molecule has 0 saturated heterocycles. The second-order valence-electron chi connectivity index (χ2n) is 5.57. The Kier molecular flexibility index (Phi) is 5.43. The van der Waals surface area contributed by atoms with Crippen LogP contribution in [0.2, 0.25) is 5.02 Å². The summed E-state index contributed by atoms with van der Waals surface area (Å²) in [6, 6.07) is 17.2. The summed E-state index contributed by atoms with van der Waals surface area (Å²) in [7, 11) is -3.84. The Morgan fingerprint density at radius 1 is 0.852 bits per heavy atom. The van der Waals surface area contributed by atoms with E-state index in [1.807, 2.05) is 0 Å². The number of anilines is 2.